The van der Waals surface area contributed by atoms with Crippen molar-refractivity contribution in [3.8, 4) is 5.75 Å². The predicted octanol–water partition coefficient (Wildman–Crippen LogP) is 1.85. The van der Waals surface area contributed by atoms with E-state index < -0.39 is 33.3 Å². The van der Waals surface area contributed by atoms with E-state index in [2.05, 4.69) is 4.18 Å². The molecule has 1 rings (SSSR count). The zero-order valence-electron chi connectivity index (χ0n) is 9.45. The Labute approximate surface area is 102 Å². The molecule has 0 aliphatic rings. The summed E-state index contributed by atoms with van der Waals surface area (Å²) in [6.45, 7) is -0.221. The largest absolute Gasteiger partial charge is 0.490 e. The van der Waals surface area contributed by atoms with Crippen LogP contribution in [0, 0.1) is 17.5 Å². The zero-order valence-corrected chi connectivity index (χ0v) is 10.3. The zero-order chi connectivity index (χ0) is 13.8. The molecule has 1 aromatic carbocycles. The first-order valence-corrected chi connectivity index (χ1v) is 6.73. The molecule has 0 amide bonds. The van der Waals surface area contributed by atoms with Crippen LogP contribution < -0.4 is 4.74 Å². The minimum absolute atomic E-state index is 0.0858. The highest BCUT2D eigenvalue weighted by Gasteiger charge is 2.10. The van der Waals surface area contributed by atoms with Crippen molar-refractivity contribution in [3.05, 3.63) is 29.6 Å². The molecule has 0 heterocycles. The molecule has 0 aliphatic heterocycles. The summed E-state index contributed by atoms with van der Waals surface area (Å²) in [6, 6.07) is 0.958. The van der Waals surface area contributed by atoms with E-state index in [0.717, 1.165) is 6.26 Å². The summed E-state index contributed by atoms with van der Waals surface area (Å²) >= 11 is 0. The molecule has 0 N–H and O–H groups in total. The van der Waals surface area contributed by atoms with Crippen molar-refractivity contribution in [1.29, 1.82) is 0 Å². The van der Waals surface area contributed by atoms with Gasteiger partial charge in [0.05, 0.1) is 19.5 Å². The van der Waals surface area contributed by atoms with Crippen LogP contribution in [0.2, 0.25) is 0 Å². The Bertz CT molecular complexity index is 516. The van der Waals surface area contributed by atoms with E-state index in [1.54, 1.807) is 0 Å². The van der Waals surface area contributed by atoms with E-state index in [-0.39, 0.29) is 19.6 Å². The van der Waals surface area contributed by atoms with Crippen LogP contribution in [0.5, 0.6) is 5.75 Å². The average molecular weight is 284 g/mol. The average Bonchev–Trinajstić information content (AvgIpc) is 2.23. The Morgan fingerprint density at radius 1 is 1.06 bits per heavy atom. The summed E-state index contributed by atoms with van der Waals surface area (Å²) in [7, 11) is -3.53. The van der Waals surface area contributed by atoms with Crippen LogP contribution >= 0.6 is 0 Å². The minimum atomic E-state index is -3.53. The van der Waals surface area contributed by atoms with E-state index in [0.29, 0.717) is 12.1 Å². The molecule has 4 nitrogen and oxygen atoms in total. The molecule has 0 radical (unpaired) electrons. The summed E-state index contributed by atoms with van der Waals surface area (Å²) in [5.41, 5.74) is 0. The van der Waals surface area contributed by atoms with Crippen LogP contribution in [0.4, 0.5) is 13.2 Å². The highest BCUT2D eigenvalue weighted by atomic mass is 32.2. The Kier molecular flexibility index (Phi) is 4.97. The third kappa shape index (κ3) is 4.92. The van der Waals surface area contributed by atoms with Gasteiger partial charge < -0.3 is 4.74 Å². The van der Waals surface area contributed by atoms with Gasteiger partial charge in [0.25, 0.3) is 10.1 Å². The van der Waals surface area contributed by atoms with Gasteiger partial charge in [-0.25, -0.2) is 13.2 Å². The summed E-state index contributed by atoms with van der Waals surface area (Å²) in [6.07, 6.45) is 1.05. The van der Waals surface area contributed by atoms with E-state index in [1.165, 1.54) is 0 Å². The molecule has 102 valence electrons. The number of benzene rings is 1. The minimum Gasteiger partial charge on any atom is -0.490 e. The molecule has 18 heavy (non-hydrogen) atoms. The molecule has 0 saturated carbocycles. The summed E-state index contributed by atoms with van der Waals surface area (Å²) in [5, 5.41) is 0. The Hall–Kier alpha value is -1.28. The first-order chi connectivity index (χ1) is 8.29. The van der Waals surface area contributed by atoms with Crippen LogP contribution in [0.3, 0.4) is 0 Å². The van der Waals surface area contributed by atoms with Crippen LogP contribution in [0.15, 0.2) is 12.1 Å². The van der Waals surface area contributed by atoms with Crippen molar-refractivity contribution in [3.63, 3.8) is 0 Å². The van der Waals surface area contributed by atoms with Gasteiger partial charge in [0.15, 0.2) is 23.2 Å². The third-order valence-electron chi connectivity index (χ3n) is 1.82. The lowest BCUT2D eigenvalue weighted by molar-refractivity contribution is 0.244. The summed E-state index contributed by atoms with van der Waals surface area (Å²) in [4.78, 5) is 0. The highest BCUT2D eigenvalue weighted by molar-refractivity contribution is 7.85. The molecule has 0 aromatic heterocycles. The maximum absolute atomic E-state index is 13.1. The van der Waals surface area contributed by atoms with Crippen LogP contribution in [-0.2, 0) is 14.3 Å². The lowest BCUT2D eigenvalue weighted by atomic mass is 10.3. The van der Waals surface area contributed by atoms with Gasteiger partial charge in [-0.1, -0.05) is 0 Å². The van der Waals surface area contributed by atoms with Gasteiger partial charge in [0, 0.05) is 18.6 Å². The smallest absolute Gasteiger partial charge is 0.264 e. The van der Waals surface area contributed by atoms with Gasteiger partial charge in [0.2, 0.25) is 0 Å². The van der Waals surface area contributed by atoms with E-state index in [9.17, 15) is 21.6 Å². The number of rotatable bonds is 6. The van der Waals surface area contributed by atoms with E-state index >= 15 is 0 Å². The van der Waals surface area contributed by atoms with Crippen LogP contribution in [0.1, 0.15) is 6.42 Å². The normalized spacial score (nSPS) is 11.6. The standard InChI is InChI=1S/C10H11F3O4S/c1-18(14,15)17-4-2-3-16-10-6-8(12)7(11)5-9(10)13/h5-6H,2-4H2,1H3. The molecule has 0 aliphatic carbocycles. The summed E-state index contributed by atoms with van der Waals surface area (Å²) < 4.78 is 68.8. The molecule has 0 unspecified atom stereocenters. The molecule has 0 bridgehead atoms. The number of ether oxygens (including phenoxy) is 1. The SMILES string of the molecule is CS(=O)(=O)OCCCOc1cc(F)c(F)cc1F. The quantitative estimate of drug-likeness (QED) is 0.454. The van der Waals surface area contributed by atoms with Gasteiger partial charge in [0.1, 0.15) is 0 Å². The molecular weight excluding hydrogens is 273 g/mol. The van der Waals surface area contributed by atoms with Gasteiger partial charge >= 0.3 is 0 Å². The second-order valence-corrected chi connectivity index (χ2v) is 5.07. The van der Waals surface area contributed by atoms with Crippen molar-refractivity contribution in [2.75, 3.05) is 19.5 Å². The van der Waals surface area contributed by atoms with Crippen molar-refractivity contribution >= 4 is 10.1 Å². The number of hydrogen-bond acceptors (Lipinski definition) is 4. The van der Waals surface area contributed by atoms with E-state index in [1.807, 2.05) is 0 Å². The van der Waals surface area contributed by atoms with Crippen LogP contribution in [-0.4, -0.2) is 27.9 Å². The third-order valence-corrected chi connectivity index (χ3v) is 2.41. The van der Waals surface area contributed by atoms with Gasteiger partial charge in [-0.3, -0.25) is 4.18 Å². The van der Waals surface area contributed by atoms with Gasteiger partial charge in [-0.15, -0.1) is 0 Å². The van der Waals surface area contributed by atoms with Crippen LogP contribution in [0.25, 0.3) is 0 Å². The molecule has 0 fully saturated rings. The fourth-order valence-electron chi connectivity index (χ4n) is 1.07. The van der Waals surface area contributed by atoms with Crippen molar-refractivity contribution in [2.45, 2.75) is 6.42 Å². The fraction of sp³-hybridized carbons (Fsp3) is 0.400. The molecule has 8 heteroatoms. The maximum atomic E-state index is 13.1. The van der Waals surface area contributed by atoms with Crippen molar-refractivity contribution in [1.82, 2.24) is 0 Å². The molecular formula is C10H11F3O4S. The van der Waals surface area contributed by atoms with Gasteiger partial charge in [-0.2, -0.15) is 8.42 Å². The fourth-order valence-corrected chi connectivity index (χ4v) is 1.49. The van der Waals surface area contributed by atoms with E-state index in [4.69, 9.17) is 4.74 Å². The highest BCUT2D eigenvalue weighted by Crippen LogP contribution is 2.20. The molecule has 0 saturated heterocycles. The monoisotopic (exact) mass is 284 g/mol. The maximum Gasteiger partial charge on any atom is 0.264 e. The molecule has 1 aromatic rings. The second-order valence-electron chi connectivity index (χ2n) is 3.42. The Morgan fingerprint density at radius 3 is 2.28 bits per heavy atom. The first-order valence-electron chi connectivity index (χ1n) is 4.91. The lowest BCUT2D eigenvalue weighted by Crippen LogP contribution is -2.08. The molecule has 0 spiro atoms. The predicted molar refractivity (Wildman–Crippen MR) is 57.2 cm³/mol. The molecule has 0 atom stereocenters. The topological polar surface area (TPSA) is 52.6 Å². The second kappa shape index (κ2) is 6.05. The lowest BCUT2D eigenvalue weighted by Gasteiger charge is -2.07. The van der Waals surface area contributed by atoms with Crippen molar-refractivity contribution < 1.29 is 30.5 Å². The summed E-state index contributed by atoms with van der Waals surface area (Å²) in [5.74, 6) is -4.00. The van der Waals surface area contributed by atoms with Gasteiger partial charge in [-0.05, 0) is 0 Å². The van der Waals surface area contributed by atoms with Crippen molar-refractivity contribution in [2.24, 2.45) is 0 Å². The number of halogens is 3. The number of hydrogen-bond donors (Lipinski definition) is 0. The Morgan fingerprint density at radius 2 is 1.67 bits per heavy atom. The first kappa shape index (κ1) is 14.8. The Balaban J connectivity index is 2.43.